The highest BCUT2D eigenvalue weighted by atomic mass is 13.9. The van der Waals surface area contributed by atoms with E-state index in [1.54, 1.807) is 0 Å². The van der Waals surface area contributed by atoms with Crippen molar-refractivity contribution < 1.29 is 0 Å². The highest BCUT2D eigenvalue weighted by molar-refractivity contribution is 5.53. The Balaban J connectivity index is 3.59. The van der Waals surface area contributed by atoms with E-state index in [9.17, 15) is 0 Å². The Morgan fingerprint density at radius 3 is 2.55 bits per heavy atom. The monoisotopic (exact) mass is 144 g/mol. The van der Waals surface area contributed by atoms with Crippen molar-refractivity contribution in [3.63, 3.8) is 0 Å². The molecule has 11 heavy (non-hydrogen) atoms. The molecule has 0 atom stereocenters. The van der Waals surface area contributed by atoms with Gasteiger partial charge in [-0.3, -0.25) is 0 Å². The lowest BCUT2D eigenvalue weighted by molar-refractivity contribution is 1.49. The average Bonchev–Trinajstić information content (AvgIpc) is 2.04. The van der Waals surface area contributed by atoms with Gasteiger partial charge in [0.25, 0.3) is 0 Å². The van der Waals surface area contributed by atoms with E-state index in [0.29, 0.717) is 0 Å². The van der Waals surface area contributed by atoms with Crippen molar-refractivity contribution in [3.8, 4) is 0 Å². The maximum Gasteiger partial charge on any atom is -0.0161 e. The average molecular weight is 144 g/mol. The molecule has 0 saturated carbocycles. The highest BCUT2D eigenvalue weighted by Gasteiger charge is 1.83. The van der Waals surface area contributed by atoms with Crippen LogP contribution in [-0.2, 0) is 0 Å². The lowest BCUT2D eigenvalue weighted by Gasteiger charge is -1.91. The fraction of sp³-hybridized carbons (Fsp3) is 0.0909. The number of rotatable bonds is 1. The van der Waals surface area contributed by atoms with Crippen LogP contribution in [0.1, 0.15) is 6.92 Å². The van der Waals surface area contributed by atoms with Gasteiger partial charge in [-0.15, -0.1) is 0 Å². The van der Waals surface area contributed by atoms with Crippen LogP contribution in [0.3, 0.4) is 0 Å². The molecule has 0 aliphatic carbocycles. The fourth-order valence-corrected chi connectivity index (χ4v) is 1.01. The predicted octanol–water partition coefficient (Wildman–Crippen LogP) is 1.45. The second-order valence-corrected chi connectivity index (χ2v) is 2.54. The quantitative estimate of drug-likeness (QED) is 0.559. The van der Waals surface area contributed by atoms with E-state index in [-0.39, 0.29) is 0 Å². The summed E-state index contributed by atoms with van der Waals surface area (Å²) < 4.78 is 0. The molecule has 0 aliphatic heterocycles. The molecule has 0 bridgehead atoms. The van der Waals surface area contributed by atoms with Crippen LogP contribution in [0.4, 0.5) is 0 Å². The Bertz CT molecular complexity index is 358. The molecule has 0 heteroatoms. The summed E-state index contributed by atoms with van der Waals surface area (Å²) in [6.07, 6.45) is 1.85. The number of benzene rings is 1. The minimum absolute atomic E-state index is 1.06. The minimum atomic E-state index is 1.06. The van der Waals surface area contributed by atoms with E-state index in [1.807, 2.05) is 31.2 Å². The fourth-order valence-electron chi connectivity index (χ4n) is 1.01. The topological polar surface area (TPSA) is 0 Å². The first kappa shape index (κ1) is 7.80. The Morgan fingerprint density at radius 1 is 1.36 bits per heavy atom. The van der Waals surface area contributed by atoms with Crippen LogP contribution in [0.15, 0.2) is 36.9 Å². The first-order valence-electron chi connectivity index (χ1n) is 3.63. The Hall–Kier alpha value is -1.30. The van der Waals surface area contributed by atoms with Crippen LogP contribution < -0.4 is 10.4 Å². The standard InChI is InChI=1S/C11H12/c1-4-9(2)11-8-6-5-7-10(11)3/h4-8H,1,3H2,2H3/b11-9-. The SMILES string of the molecule is C=C/C(C)=c1/ccccc1=C. The molecule has 0 fully saturated rings. The van der Waals surface area contributed by atoms with Crippen LogP contribution in [-0.4, -0.2) is 0 Å². The summed E-state index contributed by atoms with van der Waals surface area (Å²) in [7, 11) is 0. The number of hydrogen-bond acceptors (Lipinski definition) is 0. The molecule has 0 spiro atoms. The molecule has 1 rings (SSSR count). The summed E-state index contributed by atoms with van der Waals surface area (Å²) in [5.41, 5.74) is 1.18. The first-order chi connectivity index (χ1) is 5.25. The third-order valence-corrected chi connectivity index (χ3v) is 1.75. The molecule has 0 aliphatic rings. The Morgan fingerprint density at radius 2 is 2.00 bits per heavy atom. The number of hydrogen-bond donors (Lipinski definition) is 0. The normalized spacial score (nSPS) is 12.5. The zero-order valence-electron chi connectivity index (χ0n) is 6.80. The largest absolute Gasteiger partial charge is 0.0988 e. The van der Waals surface area contributed by atoms with E-state index in [0.717, 1.165) is 5.22 Å². The van der Waals surface area contributed by atoms with Gasteiger partial charge >= 0.3 is 0 Å². The molecule has 0 saturated heterocycles. The van der Waals surface area contributed by atoms with Crippen molar-refractivity contribution in [2.45, 2.75) is 6.92 Å². The van der Waals surface area contributed by atoms with Gasteiger partial charge in [-0.2, -0.15) is 0 Å². The van der Waals surface area contributed by atoms with Crippen LogP contribution in [0.25, 0.3) is 12.2 Å². The van der Waals surface area contributed by atoms with Gasteiger partial charge in [0.1, 0.15) is 0 Å². The molecule has 0 unspecified atom stereocenters. The van der Waals surface area contributed by atoms with Gasteiger partial charge < -0.3 is 0 Å². The second kappa shape index (κ2) is 3.20. The van der Waals surface area contributed by atoms with Crippen molar-refractivity contribution in [1.29, 1.82) is 0 Å². The second-order valence-electron chi connectivity index (χ2n) is 2.54. The predicted molar refractivity (Wildman–Crippen MR) is 50.5 cm³/mol. The third kappa shape index (κ3) is 1.58. The molecule has 1 aromatic rings. The lowest BCUT2D eigenvalue weighted by Crippen LogP contribution is -2.23. The molecular formula is C11H12. The van der Waals surface area contributed by atoms with Gasteiger partial charge in [-0.05, 0) is 22.9 Å². The number of allylic oxidation sites excluding steroid dienone is 1. The van der Waals surface area contributed by atoms with Crippen molar-refractivity contribution in [2.75, 3.05) is 0 Å². The van der Waals surface area contributed by atoms with Crippen LogP contribution in [0.2, 0.25) is 0 Å². The summed E-state index contributed by atoms with van der Waals surface area (Å²) in [5, 5.41) is 2.24. The van der Waals surface area contributed by atoms with Gasteiger partial charge in [-0.1, -0.05) is 43.5 Å². The van der Waals surface area contributed by atoms with Gasteiger partial charge in [0.05, 0.1) is 0 Å². The van der Waals surface area contributed by atoms with Crippen LogP contribution >= 0.6 is 0 Å². The van der Waals surface area contributed by atoms with E-state index in [1.165, 1.54) is 10.8 Å². The van der Waals surface area contributed by atoms with Gasteiger partial charge in [0.2, 0.25) is 0 Å². The molecule has 56 valence electrons. The molecule has 0 radical (unpaired) electrons. The third-order valence-electron chi connectivity index (χ3n) is 1.75. The van der Waals surface area contributed by atoms with Crippen molar-refractivity contribution in [2.24, 2.45) is 0 Å². The van der Waals surface area contributed by atoms with E-state index in [2.05, 4.69) is 19.2 Å². The van der Waals surface area contributed by atoms with Gasteiger partial charge in [-0.25, -0.2) is 0 Å². The summed E-state index contributed by atoms with van der Waals surface area (Å²) in [4.78, 5) is 0. The van der Waals surface area contributed by atoms with Crippen molar-refractivity contribution in [1.82, 2.24) is 0 Å². The minimum Gasteiger partial charge on any atom is -0.0988 e. The van der Waals surface area contributed by atoms with Gasteiger partial charge in [0.15, 0.2) is 0 Å². The highest BCUT2D eigenvalue weighted by Crippen LogP contribution is 1.87. The zero-order valence-corrected chi connectivity index (χ0v) is 6.80. The molecule has 0 N–H and O–H groups in total. The van der Waals surface area contributed by atoms with Crippen LogP contribution in [0, 0.1) is 0 Å². The summed E-state index contributed by atoms with van der Waals surface area (Å²) in [6.45, 7) is 9.67. The molecule has 0 amide bonds. The summed E-state index contributed by atoms with van der Waals surface area (Å²) in [5.74, 6) is 0. The summed E-state index contributed by atoms with van der Waals surface area (Å²) in [6, 6.07) is 8.06. The smallest absolute Gasteiger partial charge is 0.0161 e. The Kier molecular flexibility index (Phi) is 2.27. The maximum atomic E-state index is 3.92. The van der Waals surface area contributed by atoms with Crippen molar-refractivity contribution in [3.05, 3.63) is 47.4 Å². The molecule has 0 aromatic heterocycles. The van der Waals surface area contributed by atoms with Gasteiger partial charge in [0, 0.05) is 0 Å². The van der Waals surface area contributed by atoms with Crippen LogP contribution in [0.5, 0.6) is 0 Å². The van der Waals surface area contributed by atoms with E-state index >= 15 is 0 Å². The van der Waals surface area contributed by atoms with E-state index < -0.39 is 0 Å². The first-order valence-corrected chi connectivity index (χ1v) is 3.63. The maximum absolute atomic E-state index is 3.92. The van der Waals surface area contributed by atoms with E-state index in [4.69, 9.17) is 0 Å². The molecular weight excluding hydrogens is 132 g/mol. The molecule has 1 aromatic carbocycles. The lowest BCUT2D eigenvalue weighted by atomic mass is 10.1. The Labute approximate surface area is 67.2 Å². The summed E-state index contributed by atoms with van der Waals surface area (Å²) >= 11 is 0. The molecule has 0 heterocycles. The molecule has 0 nitrogen and oxygen atoms in total. The van der Waals surface area contributed by atoms with Crippen molar-refractivity contribution >= 4 is 12.2 Å². The zero-order chi connectivity index (χ0) is 8.27.